The zero-order chi connectivity index (χ0) is 12.1. The Balaban J connectivity index is 2.75. The smallest absolute Gasteiger partial charge is 0.321 e. The summed E-state index contributed by atoms with van der Waals surface area (Å²) in [4.78, 5) is 13.0. The molecule has 0 heterocycles. The van der Waals surface area contributed by atoms with E-state index in [1.54, 1.807) is 13.1 Å². The largest absolute Gasteiger partial charge is 0.494 e. The molecule has 0 radical (unpaired) electrons. The van der Waals surface area contributed by atoms with Gasteiger partial charge < -0.3 is 15.0 Å². The second-order valence-electron chi connectivity index (χ2n) is 3.29. The number of carbonyl (C=O) groups excluding carboxylic acids is 1. The fourth-order valence-electron chi connectivity index (χ4n) is 1.11. The van der Waals surface area contributed by atoms with Crippen molar-refractivity contribution in [1.29, 1.82) is 0 Å². The van der Waals surface area contributed by atoms with Crippen molar-refractivity contribution in [1.82, 2.24) is 4.90 Å². The molecule has 1 rings (SSSR count). The molecule has 5 heteroatoms. The first-order chi connectivity index (χ1) is 7.58. The van der Waals surface area contributed by atoms with E-state index >= 15 is 0 Å². The van der Waals surface area contributed by atoms with Crippen molar-refractivity contribution in [3.05, 3.63) is 24.0 Å². The number of halogens is 1. The highest BCUT2D eigenvalue weighted by atomic mass is 19.1. The molecule has 0 saturated carbocycles. The van der Waals surface area contributed by atoms with Gasteiger partial charge in [-0.3, -0.25) is 0 Å². The average Bonchev–Trinajstić information content (AvgIpc) is 2.28. The zero-order valence-corrected chi connectivity index (χ0v) is 9.58. The van der Waals surface area contributed by atoms with Gasteiger partial charge in [0.05, 0.1) is 7.11 Å². The first-order valence-corrected chi connectivity index (χ1v) is 4.94. The maximum atomic E-state index is 13.3. The van der Waals surface area contributed by atoms with Gasteiger partial charge in [-0.25, -0.2) is 9.18 Å². The molecule has 0 aliphatic rings. The maximum absolute atomic E-state index is 13.3. The van der Waals surface area contributed by atoms with Crippen molar-refractivity contribution in [3.63, 3.8) is 0 Å². The Kier molecular flexibility index (Phi) is 4.10. The maximum Gasteiger partial charge on any atom is 0.321 e. The molecule has 0 aliphatic heterocycles. The third-order valence-electron chi connectivity index (χ3n) is 2.22. The molecule has 4 nitrogen and oxygen atoms in total. The molecule has 2 amide bonds. The Morgan fingerprint density at radius 1 is 1.56 bits per heavy atom. The van der Waals surface area contributed by atoms with E-state index in [4.69, 9.17) is 4.74 Å². The monoisotopic (exact) mass is 226 g/mol. The van der Waals surface area contributed by atoms with Gasteiger partial charge in [-0.2, -0.15) is 0 Å². The Morgan fingerprint density at radius 2 is 2.25 bits per heavy atom. The van der Waals surface area contributed by atoms with Crippen LogP contribution >= 0.6 is 0 Å². The number of carbonyl (C=O) groups is 1. The zero-order valence-electron chi connectivity index (χ0n) is 9.58. The van der Waals surface area contributed by atoms with Crippen LogP contribution < -0.4 is 10.1 Å². The van der Waals surface area contributed by atoms with Crippen molar-refractivity contribution in [2.45, 2.75) is 6.92 Å². The van der Waals surface area contributed by atoms with Crippen LogP contribution in [0.1, 0.15) is 6.92 Å². The number of hydrogen-bond acceptors (Lipinski definition) is 2. The molecule has 1 N–H and O–H groups in total. The second-order valence-corrected chi connectivity index (χ2v) is 3.29. The van der Waals surface area contributed by atoms with Crippen molar-refractivity contribution >= 4 is 11.7 Å². The molecular weight excluding hydrogens is 211 g/mol. The summed E-state index contributed by atoms with van der Waals surface area (Å²) >= 11 is 0. The summed E-state index contributed by atoms with van der Waals surface area (Å²) in [6.07, 6.45) is 0. The number of amides is 2. The lowest BCUT2D eigenvalue weighted by Crippen LogP contribution is -2.30. The van der Waals surface area contributed by atoms with Gasteiger partial charge in [-0.1, -0.05) is 0 Å². The highest BCUT2D eigenvalue weighted by Gasteiger charge is 2.08. The number of hydrogen-bond donors (Lipinski definition) is 1. The third-order valence-corrected chi connectivity index (χ3v) is 2.22. The minimum atomic E-state index is -0.501. The number of ether oxygens (including phenoxy) is 1. The second kappa shape index (κ2) is 5.34. The molecule has 1 aromatic rings. The summed E-state index contributed by atoms with van der Waals surface area (Å²) in [5.74, 6) is -0.346. The molecule has 88 valence electrons. The van der Waals surface area contributed by atoms with E-state index in [2.05, 4.69) is 5.32 Å². The topological polar surface area (TPSA) is 41.6 Å². The van der Waals surface area contributed by atoms with Gasteiger partial charge in [0.15, 0.2) is 11.6 Å². The first kappa shape index (κ1) is 12.3. The number of benzene rings is 1. The average molecular weight is 226 g/mol. The van der Waals surface area contributed by atoms with Gasteiger partial charge in [0.1, 0.15) is 0 Å². The van der Waals surface area contributed by atoms with Gasteiger partial charge in [-0.15, -0.1) is 0 Å². The predicted octanol–water partition coefficient (Wildman–Crippen LogP) is 2.32. The predicted molar refractivity (Wildman–Crippen MR) is 60.3 cm³/mol. The fourth-order valence-corrected chi connectivity index (χ4v) is 1.11. The Bertz CT molecular complexity index is 382. The van der Waals surface area contributed by atoms with Crippen LogP contribution in [0, 0.1) is 5.82 Å². The first-order valence-electron chi connectivity index (χ1n) is 4.94. The minimum Gasteiger partial charge on any atom is -0.494 e. The van der Waals surface area contributed by atoms with E-state index in [0.717, 1.165) is 0 Å². The third kappa shape index (κ3) is 2.85. The molecule has 0 saturated heterocycles. The lowest BCUT2D eigenvalue weighted by molar-refractivity contribution is 0.224. The number of urea groups is 1. The van der Waals surface area contributed by atoms with Crippen molar-refractivity contribution < 1.29 is 13.9 Å². The van der Waals surface area contributed by atoms with Crippen LogP contribution in [0.3, 0.4) is 0 Å². The lowest BCUT2D eigenvalue weighted by atomic mass is 10.3. The number of rotatable bonds is 3. The molecule has 0 aromatic heterocycles. The summed E-state index contributed by atoms with van der Waals surface area (Å²) < 4.78 is 18.1. The van der Waals surface area contributed by atoms with E-state index in [9.17, 15) is 9.18 Å². The SMILES string of the molecule is CCN(C)C(=O)Nc1ccc(OC)c(F)c1. The molecule has 16 heavy (non-hydrogen) atoms. The number of anilines is 1. The van der Waals surface area contributed by atoms with E-state index in [-0.39, 0.29) is 11.8 Å². The van der Waals surface area contributed by atoms with Crippen LogP contribution in [0.25, 0.3) is 0 Å². The van der Waals surface area contributed by atoms with E-state index in [0.29, 0.717) is 12.2 Å². The van der Waals surface area contributed by atoms with Crippen LogP contribution in [-0.4, -0.2) is 31.6 Å². The molecule has 1 aromatic carbocycles. The van der Waals surface area contributed by atoms with Crippen LogP contribution in [0.4, 0.5) is 14.9 Å². The minimum absolute atomic E-state index is 0.154. The van der Waals surface area contributed by atoms with Crippen LogP contribution in [0.15, 0.2) is 18.2 Å². The summed E-state index contributed by atoms with van der Waals surface area (Å²) in [6.45, 7) is 2.44. The highest BCUT2D eigenvalue weighted by Crippen LogP contribution is 2.20. The van der Waals surface area contributed by atoms with Gasteiger partial charge in [-0.05, 0) is 19.1 Å². The normalized spacial score (nSPS) is 9.75. The summed E-state index contributed by atoms with van der Waals surface area (Å²) in [5, 5.41) is 2.58. The standard InChI is InChI=1S/C11H15FN2O2/c1-4-14(2)11(15)13-8-5-6-10(16-3)9(12)7-8/h5-7H,4H2,1-3H3,(H,13,15). The molecule has 0 unspecified atom stereocenters. The molecule has 0 spiro atoms. The molecule has 0 aliphatic carbocycles. The van der Waals surface area contributed by atoms with Gasteiger partial charge >= 0.3 is 6.03 Å². The number of nitrogens with one attached hydrogen (secondary N) is 1. The molecule has 0 bridgehead atoms. The molecular formula is C11H15FN2O2. The summed E-state index contributed by atoms with van der Waals surface area (Å²) in [7, 11) is 3.05. The van der Waals surface area contributed by atoms with Gasteiger partial charge in [0.2, 0.25) is 0 Å². The van der Waals surface area contributed by atoms with E-state index in [1.807, 2.05) is 6.92 Å². The van der Waals surface area contributed by atoms with Gasteiger partial charge in [0, 0.05) is 25.3 Å². The lowest BCUT2D eigenvalue weighted by Gasteiger charge is -2.15. The Morgan fingerprint density at radius 3 is 2.75 bits per heavy atom. The summed E-state index contributed by atoms with van der Waals surface area (Å²) in [5.41, 5.74) is 0.406. The van der Waals surface area contributed by atoms with E-state index in [1.165, 1.54) is 24.1 Å². The number of methoxy groups -OCH3 is 1. The Hall–Kier alpha value is -1.78. The highest BCUT2D eigenvalue weighted by molar-refractivity contribution is 5.89. The Labute approximate surface area is 94.0 Å². The quantitative estimate of drug-likeness (QED) is 0.859. The van der Waals surface area contributed by atoms with Gasteiger partial charge in [0.25, 0.3) is 0 Å². The summed E-state index contributed by atoms with van der Waals surface area (Å²) in [6, 6.07) is 4.01. The van der Waals surface area contributed by atoms with Crippen LogP contribution in [0.2, 0.25) is 0 Å². The van der Waals surface area contributed by atoms with Crippen LogP contribution in [-0.2, 0) is 0 Å². The number of nitrogens with zero attached hydrogens (tertiary/aromatic N) is 1. The van der Waals surface area contributed by atoms with Crippen molar-refractivity contribution in [2.75, 3.05) is 26.0 Å². The van der Waals surface area contributed by atoms with E-state index < -0.39 is 5.82 Å². The van der Waals surface area contributed by atoms with Crippen LogP contribution in [0.5, 0.6) is 5.75 Å². The molecule has 0 fully saturated rings. The van der Waals surface area contributed by atoms with Crippen molar-refractivity contribution in [3.8, 4) is 5.75 Å². The fraction of sp³-hybridized carbons (Fsp3) is 0.364. The van der Waals surface area contributed by atoms with Crippen molar-refractivity contribution in [2.24, 2.45) is 0 Å². The molecule has 0 atom stereocenters.